The fourth-order valence-electron chi connectivity index (χ4n) is 1.32. The van der Waals surface area contributed by atoms with Crippen LogP contribution in [0.5, 0.6) is 0 Å². The molecule has 1 N–H and O–H groups in total. The van der Waals surface area contributed by atoms with E-state index in [1.807, 2.05) is 12.1 Å². The van der Waals surface area contributed by atoms with Gasteiger partial charge in [0.25, 0.3) is 0 Å². The molecule has 1 aromatic carbocycles. The van der Waals surface area contributed by atoms with Crippen LogP contribution in [0.25, 0.3) is 10.2 Å². The summed E-state index contributed by atoms with van der Waals surface area (Å²) >= 11 is 1.57. The molecule has 0 amide bonds. The van der Waals surface area contributed by atoms with Crippen molar-refractivity contribution in [3.63, 3.8) is 0 Å². The van der Waals surface area contributed by atoms with Gasteiger partial charge in [-0.25, -0.2) is 4.98 Å². The third-order valence-corrected chi connectivity index (χ3v) is 2.91. The van der Waals surface area contributed by atoms with Crippen molar-refractivity contribution >= 4 is 33.0 Å². The molecule has 0 bridgehead atoms. The van der Waals surface area contributed by atoms with Crippen LogP contribution in [0.15, 0.2) is 18.2 Å². The summed E-state index contributed by atoms with van der Waals surface area (Å²) in [7, 11) is 0. The largest absolute Gasteiger partial charge is 0.359 e. The minimum Gasteiger partial charge on any atom is -0.359 e. The Hall–Kier alpha value is -1.42. The zero-order valence-corrected chi connectivity index (χ0v) is 9.47. The summed E-state index contributed by atoms with van der Waals surface area (Å²) in [5, 5.41) is 4.16. The number of carbonyl (C=O) groups excluding carboxylic acids is 1. The van der Waals surface area contributed by atoms with Crippen LogP contribution in [0.3, 0.4) is 0 Å². The summed E-state index contributed by atoms with van der Waals surface area (Å²) in [5.74, 6) is 0. The van der Waals surface area contributed by atoms with Crippen LogP contribution in [0.4, 0.5) is 5.13 Å². The van der Waals surface area contributed by atoms with Crippen LogP contribution >= 0.6 is 11.3 Å². The first-order valence-corrected chi connectivity index (χ1v) is 5.63. The van der Waals surface area contributed by atoms with E-state index in [4.69, 9.17) is 0 Å². The second-order valence-corrected chi connectivity index (χ2v) is 4.69. The van der Waals surface area contributed by atoms with E-state index in [0.717, 1.165) is 21.6 Å². The Labute approximate surface area is 92.1 Å². The van der Waals surface area contributed by atoms with Crippen LogP contribution < -0.4 is 5.32 Å². The molecule has 0 atom stereocenters. The Bertz CT molecular complexity index is 490. The molecule has 78 valence electrons. The third kappa shape index (κ3) is 2.15. The lowest BCUT2D eigenvalue weighted by atomic mass is 10.2. The van der Waals surface area contributed by atoms with Gasteiger partial charge in [-0.05, 0) is 32.0 Å². The fraction of sp³-hybridized carbons (Fsp3) is 0.273. The predicted molar refractivity (Wildman–Crippen MR) is 63.8 cm³/mol. The molecule has 0 unspecified atom stereocenters. The molecular weight excluding hydrogens is 208 g/mol. The van der Waals surface area contributed by atoms with Crippen molar-refractivity contribution in [1.29, 1.82) is 0 Å². The van der Waals surface area contributed by atoms with Gasteiger partial charge < -0.3 is 5.32 Å². The van der Waals surface area contributed by atoms with E-state index in [1.165, 1.54) is 0 Å². The molecule has 0 radical (unpaired) electrons. The first-order chi connectivity index (χ1) is 7.19. The first kappa shape index (κ1) is 10.1. The molecule has 4 heteroatoms. The van der Waals surface area contributed by atoms with Gasteiger partial charge in [0.15, 0.2) is 5.13 Å². The highest BCUT2D eigenvalue weighted by Gasteiger charge is 2.04. The second kappa shape index (κ2) is 3.98. The molecule has 15 heavy (non-hydrogen) atoms. The maximum atomic E-state index is 10.6. The van der Waals surface area contributed by atoms with Gasteiger partial charge in [0, 0.05) is 11.6 Å². The summed E-state index contributed by atoms with van der Waals surface area (Å²) in [6.07, 6.45) is 0.856. The van der Waals surface area contributed by atoms with E-state index in [0.29, 0.717) is 11.6 Å². The monoisotopic (exact) mass is 220 g/mol. The van der Waals surface area contributed by atoms with Crippen LogP contribution in [0.2, 0.25) is 0 Å². The average Bonchev–Trinajstić information content (AvgIpc) is 2.57. The van der Waals surface area contributed by atoms with Crippen LogP contribution in [-0.2, 0) is 0 Å². The predicted octanol–water partition coefficient (Wildman–Crippen LogP) is 2.93. The molecule has 0 aliphatic heterocycles. The minimum absolute atomic E-state index is 0.371. The summed E-state index contributed by atoms with van der Waals surface area (Å²) < 4.78 is 1.04. The Morgan fingerprint density at radius 1 is 1.47 bits per heavy atom. The lowest BCUT2D eigenvalue weighted by molar-refractivity contribution is 0.112. The third-order valence-electron chi connectivity index (χ3n) is 1.96. The molecule has 0 aliphatic carbocycles. The van der Waals surface area contributed by atoms with E-state index in [-0.39, 0.29) is 0 Å². The minimum atomic E-state index is 0.371. The number of aromatic nitrogens is 1. The van der Waals surface area contributed by atoms with Gasteiger partial charge in [0.05, 0.1) is 10.2 Å². The van der Waals surface area contributed by atoms with Crippen molar-refractivity contribution in [3.8, 4) is 0 Å². The number of benzene rings is 1. The number of rotatable bonds is 3. The fourth-order valence-corrected chi connectivity index (χ4v) is 2.38. The van der Waals surface area contributed by atoms with Crippen molar-refractivity contribution in [2.45, 2.75) is 19.9 Å². The zero-order chi connectivity index (χ0) is 10.8. The highest BCUT2D eigenvalue weighted by atomic mass is 32.1. The summed E-state index contributed by atoms with van der Waals surface area (Å²) in [5.41, 5.74) is 1.64. The molecule has 3 nitrogen and oxygen atoms in total. The number of hydrogen-bond donors (Lipinski definition) is 1. The molecule has 0 fully saturated rings. The number of nitrogens with zero attached hydrogens (tertiary/aromatic N) is 1. The van der Waals surface area contributed by atoms with Gasteiger partial charge in [-0.1, -0.05) is 11.3 Å². The maximum absolute atomic E-state index is 10.6. The highest BCUT2D eigenvalue weighted by Crippen LogP contribution is 2.26. The molecule has 1 heterocycles. The smallest absolute Gasteiger partial charge is 0.183 e. The van der Waals surface area contributed by atoms with Gasteiger partial charge in [-0.2, -0.15) is 0 Å². The quantitative estimate of drug-likeness (QED) is 0.809. The van der Waals surface area contributed by atoms with Gasteiger partial charge in [-0.15, -0.1) is 0 Å². The van der Waals surface area contributed by atoms with Gasteiger partial charge >= 0.3 is 0 Å². The zero-order valence-electron chi connectivity index (χ0n) is 8.65. The number of anilines is 1. The average molecular weight is 220 g/mol. The molecule has 2 aromatic rings. The molecular formula is C11H12N2OS. The Morgan fingerprint density at radius 3 is 2.93 bits per heavy atom. The van der Waals surface area contributed by atoms with Crippen LogP contribution in [0, 0.1) is 0 Å². The van der Waals surface area contributed by atoms with E-state index in [1.54, 1.807) is 17.4 Å². The number of fused-ring (bicyclic) bond motifs is 1. The molecule has 0 saturated heterocycles. The maximum Gasteiger partial charge on any atom is 0.183 e. The highest BCUT2D eigenvalue weighted by molar-refractivity contribution is 7.22. The lowest BCUT2D eigenvalue weighted by Crippen LogP contribution is -2.08. The topological polar surface area (TPSA) is 42.0 Å². The van der Waals surface area contributed by atoms with Gasteiger partial charge in [-0.3, -0.25) is 4.79 Å². The number of hydrogen-bond acceptors (Lipinski definition) is 4. The Kier molecular flexibility index (Phi) is 2.68. The number of thiazole rings is 1. The number of nitrogens with one attached hydrogen (secondary N) is 1. The molecule has 1 aromatic heterocycles. The van der Waals surface area contributed by atoms with E-state index >= 15 is 0 Å². The van der Waals surface area contributed by atoms with Crippen molar-refractivity contribution in [2.24, 2.45) is 0 Å². The second-order valence-electron chi connectivity index (χ2n) is 3.66. The SMILES string of the molecule is CC(C)Nc1nc2ccc(C=O)cc2s1. The van der Waals surface area contributed by atoms with Crippen molar-refractivity contribution < 1.29 is 4.79 Å². The Morgan fingerprint density at radius 2 is 2.27 bits per heavy atom. The molecule has 0 aliphatic rings. The molecule has 0 spiro atoms. The number of carbonyl (C=O) groups is 1. The summed E-state index contributed by atoms with van der Waals surface area (Å²) in [6, 6.07) is 5.90. The van der Waals surface area contributed by atoms with Gasteiger partial charge in [0.1, 0.15) is 6.29 Å². The standard InChI is InChI=1S/C11H12N2OS/c1-7(2)12-11-13-9-4-3-8(6-14)5-10(9)15-11/h3-7H,1-2H3,(H,12,13). The van der Waals surface area contributed by atoms with E-state index in [9.17, 15) is 4.79 Å². The summed E-state index contributed by atoms with van der Waals surface area (Å²) in [4.78, 5) is 15.0. The van der Waals surface area contributed by atoms with Crippen molar-refractivity contribution in [2.75, 3.05) is 5.32 Å². The van der Waals surface area contributed by atoms with E-state index in [2.05, 4.69) is 24.1 Å². The van der Waals surface area contributed by atoms with Crippen LogP contribution in [0.1, 0.15) is 24.2 Å². The normalized spacial score (nSPS) is 10.9. The van der Waals surface area contributed by atoms with Gasteiger partial charge in [0.2, 0.25) is 0 Å². The van der Waals surface area contributed by atoms with Crippen LogP contribution in [-0.4, -0.2) is 17.3 Å². The molecule has 2 rings (SSSR count). The summed E-state index contributed by atoms with van der Waals surface area (Å²) in [6.45, 7) is 4.14. The molecule has 0 saturated carbocycles. The Balaban J connectivity index is 2.42. The van der Waals surface area contributed by atoms with E-state index < -0.39 is 0 Å². The lowest BCUT2D eigenvalue weighted by Gasteiger charge is -2.03. The number of aldehydes is 1. The van der Waals surface area contributed by atoms with Crippen molar-refractivity contribution in [3.05, 3.63) is 23.8 Å². The van der Waals surface area contributed by atoms with Crippen molar-refractivity contribution in [1.82, 2.24) is 4.98 Å². The first-order valence-electron chi connectivity index (χ1n) is 4.81.